The summed E-state index contributed by atoms with van der Waals surface area (Å²) in [6, 6.07) is -4.45. The van der Waals surface area contributed by atoms with Gasteiger partial charge in [0.15, 0.2) is 0 Å². The molecule has 2 aliphatic carbocycles. The van der Waals surface area contributed by atoms with E-state index in [-0.39, 0.29) is 49.6 Å². The summed E-state index contributed by atoms with van der Waals surface area (Å²) in [6.07, 6.45) is 9.45. The number of fused-ring (bicyclic) bond motifs is 4. The number of hydrogen-bond donors (Lipinski definition) is 6. The first-order valence-electron chi connectivity index (χ1n) is 16.8. The Kier molecular flexibility index (Phi) is 11.9. The minimum Gasteiger partial charge on any atom is -0.309 e. The molecule has 2 saturated carbocycles. The topological polar surface area (TPSA) is 291 Å². The predicted molar refractivity (Wildman–Crippen MR) is 168 cm³/mol. The number of amides is 8. The van der Waals surface area contributed by atoms with E-state index in [1.165, 1.54) is 4.90 Å². The molecule has 0 aromatic heterocycles. The van der Waals surface area contributed by atoms with Crippen molar-refractivity contribution in [2.75, 3.05) is 13.1 Å². The van der Waals surface area contributed by atoms with Gasteiger partial charge in [-0.25, -0.2) is 9.59 Å². The molecule has 4 heterocycles. The zero-order valence-corrected chi connectivity index (χ0v) is 29.1. The summed E-state index contributed by atoms with van der Waals surface area (Å²) in [6.45, 7) is 0.200. The highest BCUT2D eigenvalue weighted by atomic mass is 32.3. The first-order valence-corrected chi connectivity index (χ1v) is 19.5. The number of hydrazine groups is 2. The first-order chi connectivity index (χ1) is 24.0. The highest BCUT2D eigenvalue weighted by Crippen LogP contribution is 2.32. The smallest absolute Gasteiger partial charge is 0.309 e. The van der Waals surface area contributed by atoms with Gasteiger partial charge in [0.25, 0.3) is 11.8 Å². The number of nitrogens with one attached hydrogen (secondary N) is 4. The number of rotatable bonds is 8. The molecule has 6 fully saturated rings. The van der Waals surface area contributed by atoms with Crippen molar-refractivity contribution in [1.29, 1.82) is 0 Å². The number of carbonyl (C=O) groups is 6. The number of carbonyl (C=O) groups excluding carboxylic acids is 6. The standard InChI is InChI=1S/C14H22N4O7S.C13H20N4O7S/c19-12(9-4-2-1-3-5-9)15-16-13(20)11-7-6-10-8-17(11)14(21)18(10)25-26(22,23)24;18-11(8-3-1-2-4-8)14-15-12(19)10-6-5-9-7-16(10)13(20)17(9)24-25(21,22)23/h9-11H,1-8H2,(H,15,19)(H,16,20)(H,22,23,24);8-10H,1-7H2,(H,14,18)(H,15,19)(H,21,22,23)/t10-,11+;9-,10+/m11/s1. The Bertz CT molecular complexity index is 1600. The third-order valence-corrected chi connectivity index (χ3v) is 10.6. The van der Waals surface area contributed by atoms with Crippen LogP contribution in [0.5, 0.6) is 0 Å². The number of hydroxylamine groups is 4. The highest BCUT2D eigenvalue weighted by Gasteiger charge is 2.50. The average molecular weight is 767 g/mol. The second-order valence-corrected chi connectivity index (χ2v) is 15.3. The Balaban J connectivity index is 0.000000198. The van der Waals surface area contributed by atoms with Crippen molar-refractivity contribution in [2.24, 2.45) is 11.8 Å². The van der Waals surface area contributed by atoms with Gasteiger partial charge in [0.1, 0.15) is 12.1 Å². The lowest BCUT2D eigenvalue weighted by Gasteiger charge is -2.29. The van der Waals surface area contributed by atoms with Crippen molar-refractivity contribution in [2.45, 2.75) is 108 Å². The van der Waals surface area contributed by atoms with E-state index in [4.69, 9.17) is 9.11 Å². The van der Waals surface area contributed by atoms with Crippen LogP contribution in [0.25, 0.3) is 0 Å². The summed E-state index contributed by atoms with van der Waals surface area (Å²) in [5.41, 5.74) is 9.49. The van der Waals surface area contributed by atoms with Crippen molar-refractivity contribution in [1.82, 2.24) is 41.6 Å². The van der Waals surface area contributed by atoms with E-state index in [2.05, 4.69) is 30.3 Å². The van der Waals surface area contributed by atoms with Gasteiger partial charge in [-0.05, 0) is 51.4 Å². The number of piperidine rings is 2. The van der Waals surface area contributed by atoms with Gasteiger partial charge in [0, 0.05) is 24.9 Å². The van der Waals surface area contributed by atoms with E-state index >= 15 is 0 Å². The van der Waals surface area contributed by atoms with Gasteiger partial charge in [-0.1, -0.05) is 32.1 Å². The van der Waals surface area contributed by atoms with E-state index in [1.807, 2.05) is 0 Å². The molecule has 8 amide bonds. The fourth-order valence-electron chi connectivity index (χ4n) is 7.38. The van der Waals surface area contributed by atoms with Crippen LogP contribution >= 0.6 is 0 Å². The summed E-state index contributed by atoms with van der Waals surface area (Å²) in [5, 5.41) is 1.14. The van der Waals surface area contributed by atoms with Crippen LogP contribution < -0.4 is 21.7 Å². The summed E-state index contributed by atoms with van der Waals surface area (Å²) in [7, 11) is -9.66. The quantitative estimate of drug-likeness (QED) is 0.128. The van der Waals surface area contributed by atoms with E-state index in [0.717, 1.165) is 62.7 Å². The second-order valence-electron chi connectivity index (χ2n) is 13.3. The maximum atomic E-state index is 12.4. The van der Waals surface area contributed by atoms with Crippen LogP contribution in [-0.4, -0.2) is 119 Å². The lowest BCUT2D eigenvalue weighted by atomic mass is 9.89. The molecule has 286 valence electrons. The summed E-state index contributed by atoms with van der Waals surface area (Å²) in [4.78, 5) is 75.5. The predicted octanol–water partition coefficient (Wildman–Crippen LogP) is -0.956. The number of urea groups is 2. The molecule has 0 spiro atoms. The van der Waals surface area contributed by atoms with E-state index in [1.54, 1.807) is 0 Å². The molecule has 4 bridgehead atoms. The Morgan fingerprint density at radius 2 is 0.863 bits per heavy atom. The van der Waals surface area contributed by atoms with Crippen molar-refractivity contribution >= 4 is 56.5 Å². The van der Waals surface area contributed by atoms with Crippen LogP contribution in [0.15, 0.2) is 0 Å². The molecule has 0 aromatic rings. The van der Waals surface area contributed by atoms with Gasteiger partial charge in [0.2, 0.25) is 11.8 Å². The fourth-order valence-corrected chi connectivity index (χ4v) is 8.16. The minimum absolute atomic E-state index is 0.100. The SMILES string of the molecule is O=C(NNC(=O)[C@@H]1CC[C@@H]2CN1C(=O)N2OS(=O)(=O)O)C1CCCC1.O=C(NNC(=O)[C@@H]1CC[C@@H]2CN1C(=O)N2OS(=O)(=O)O)C1CCCCC1. The maximum Gasteiger partial charge on any atom is 0.418 e. The second kappa shape index (κ2) is 15.8. The Morgan fingerprint density at radius 1 is 0.529 bits per heavy atom. The normalized spacial score (nSPS) is 26.8. The van der Waals surface area contributed by atoms with Crippen LogP contribution in [0.1, 0.15) is 83.5 Å². The monoisotopic (exact) mass is 766 g/mol. The molecule has 22 nitrogen and oxygen atoms in total. The molecule has 4 aliphatic heterocycles. The molecule has 6 N–H and O–H groups in total. The van der Waals surface area contributed by atoms with Crippen molar-refractivity contribution in [3.8, 4) is 0 Å². The zero-order valence-electron chi connectivity index (χ0n) is 27.5. The van der Waals surface area contributed by atoms with Crippen LogP contribution in [0.2, 0.25) is 0 Å². The molecule has 0 unspecified atom stereocenters. The molecule has 51 heavy (non-hydrogen) atoms. The zero-order chi connectivity index (χ0) is 37.1. The molecule has 0 radical (unpaired) electrons. The Labute approximate surface area is 293 Å². The first kappa shape index (κ1) is 38.4. The molecule has 24 heteroatoms. The van der Waals surface area contributed by atoms with Crippen molar-refractivity contribution in [3.05, 3.63) is 0 Å². The van der Waals surface area contributed by atoms with E-state index < -0.39 is 68.8 Å². The summed E-state index contributed by atoms with van der Waals surface area (Å²) >= 11 is 0. The van der Waals surface area contributed by atoms with Crippen molar-refractivity contribution < 1.29 is 63.3 Å². The van der Waals surface area contributed by atoms with Gasteiger partial charge in [-0.3, -0.25) is 50.0 Å². The molecule has 4 saturated heterocycles. The number of nitrogens with zero attached hydrogens (tertiary/aromatic N) is 4. The van der Waals surface area contributed by atoms with Crippen LogP contribution in [-0.2, 0) is 48.5 Å². The van der Waals surface area contributed by atoms with Crippen molar-refractivity contribution in [3.63, 3.8) is 0 Å². The summed E-state index contributed by atoms with van der Waals surface area (Å²) < 4.78 is 69.5. The fraction of sp³-hybridized carbons (Fsp3) is 0.778. The molecular weight excluding hydrogens is 724 g/mol. The van der Waals surface area contributed by atoms with Gasteiger partial charge >= 0.3 is 32.9 Å². The molecule has 6 aliphatic rings. The summed E-state index contributed by atoms with van der Waals surface area (Å²) in [5.74, 6) is -1.81. The molecule has 0 aromatic carbocycles. The van der Waals surface area contributed by atoms with Gasteiger partial charge in [-0.2, -0.15) is 27.0 Å². The van der Waals surface area contributed by atoms with Gasteiger partial charge in [-0.15, -0.1) is 8.57 Å². The lowest BCUT2D eigenvalue weighted by molar-refractivity contribution is -0.134. The van der Waals surface area contributed by atoms with E-state index in [0.29, 0.717) is 23.0 Å². The van der Waals surface area contributed by atoms with Gasteiger partial charge in [0.05, 0.1) is 12.1 Å². The van der Waals surface area contributed by atoms with E-state index in [9.17, 15) is 45.6 Å². The highest BCUT2D eigenvalue weighted by molar-refractivity contribution is 7.81. The minimum atomic E-state index is -4.83. The Hall–Kier alpha value is -3.84. The molecule has 4 atom stereocenters. The van der Waals surface area contributed by atoms with Crippen LogP contribution in [0.3, 0.4) is 0 Å². The van der Waals surface area contributed by atoms with Crippen LogP contribution in [0, 0.1) is 11.8 Å². The Morgan fingerprint density at radius 3 is 1.22 bits per heavy atom. The third-order valence-electron chi connectivity index (χ3n) is 9.92. The molecule has 6 rings (SSSR count). The molecular formula is C27H42N8O14S2. The van der Waals surface area contributed by atoms with Gasteiger partial charge < -0.3 is 9.80 Å². The lowest BCUT2D eigenvalue weighted by Crippen LogP contribution is -2.55. The maximum absolute atomic E-state index is 12.4. The number of hydrogen-bond acceptors (Lipinski definition) is 12. The largest absolute Gasteiger partial charge is 0.418 e. The average Bonchev–Trinajstić information content (AvgIpc) is 3.77. The van der Waals surface area contributed by atoms with Crippen LogP contribution in [0.4, 0.5) is 9.59 Å². The third kappa shape index (κ3) is 9.54.